The first kappa shape index (κ1) is 18.0. The van der Waals surface area contributed by atoms with Crippen LogP contribution in [0.2, 0.25) is 0 Å². The van der Waals surface area contributed by atoms with Crippen molar-refractivity contribution < 1.29 is 9.53 Å². The number of hydrogen-bond donors (Lipinski definition) is 1. The van der Waals surface area contributed by atoms with Crippen molar-refractivity contribution in [3.63, 3.8) is 0 Å². The van der Waals surface area contributed by atoms with Crippen LogP contribution in [-0.4, -0.2) is 25.9 Å². The van der Waals surface area contributed by atoms with Crippen molar-refractivity contribution in [2.75, 3.05) is 0 Å². The molecule has 1 N–H and O–H groups in total. The summed E-state index contributed by atoms with van der Waals surface area (Å²) in [6.45, 7) is 1.67. The molecule has 0 aliphatic carbocycles. The molecular formula is C20H16N4O3S. The van der Waals surface area contributed by atoms with Crippen LogP contribution in [0.25, 0.3) is 21.5 Å². The molecule has 0 aliphatic heterocycles. The molecule has 4 aromatic rings. The Balaban J connectivity index is 1.45. The van der Waals surface area contributed by atoms with E-state index in [1.54, 1.807) is 43.6 Å². The van der Waals surface area contributed by atoms with E-state index in [2.05, 4.69) is 19.9 Å². The minimum atomic E-state index is -0.679. The first-order valence-electron chi connectivity index (χ1n) is 8.63. The Hall–Kier alpha value is -3.39. The van der Waals surface area contributed by atoms with Crippen LogP contribution in [0.5, 0.6) is 0 Å². The predicted molar refractivity (Wildman–Crippen MR) is 106 cm³/mol. The van der Waals surface area contributed by atoms with Crippen LogP contribution in [0.4, 0.5) is 0 Å². The molecule has 1 aromatic carbocycles. The van der Waals surface area contributed by atoms with Gasteiger partial charge in [-0.15, -0.1) is 11.3 Å². The van der Waals surface area contributed by atoms with E-state index in [1.807, 2.05) is 17.5 Å². The van der Waals surface area contributed by atoms with Crippen molar-refractivity contribution in [1.29, 1.82) is 0 Å². The maximum atomic E-state index is 12.3. The van der Waals surface area contributed by atoms with E-state index < -0.39 is 12.1 Å². The van der Waals surface area contributed by atoms with Gasteiger partial charge >= 0.3 is 5.97 Å². The number of hydrogen-bond acceptors (Lipinski definition) is 7. The maximum Gasteiger partial charge on any atom is 0.312 e. The lowest BCUT2D eigenvalue weighted by molar-refractivity contribution is -0.148. The number of aromatic amines is 1. The number of esters is 1. The van der Waals surface area contributed by atoms with Crippen molar-refractivity contribution in [3.8, 4) is 10.6 Å². The van der Waals surface area contributed by atoms with Gasteiger partial charge in [0.25, 0.3) is 5.56 Å². The summed E-state index contributed by atoms with van der Waals surface area (Å²) in [5.74, 6) is -0.127. The number of ether oxygens (including phenoxy) is 1. The highest BCUT2D eigenvalue weighted by Gasteiger charge is 2.17. The number of carbonyl (C=O) groups is 1. The van der Waals surface area contributed by atoms with E-state index in [0.717, 1.165) is 10.6 Å². The third kappa shape index (κ3) is 3.81. The molecule has 0 unspecified atom stereocenters. The number of pyridine rings is 1. The van der Waals surface area contributed by atoms with Crippen molar-refractivity contribution in [2.45, 2.75) is 19.4 Å². The number of benzene rings is 1. The largest absolute Gasteiger partial charge is 0.454 e. The van der Waals surface area contributed by atoms with E-state index in [1.165, 1.54) is 11.3 Å². The lowest BCUT2D eigenvalue weighted by atomic mass is 10.2. The zero-order valence-corrected chi connectivity index (χ0v) is 15.8. The third-order valence-electron chi connectivity index (χ3n) is 4.11. The average molecular weight is 392 g/mol. The van der Waals surface area contributed by atoms with Crippen LogP contribution in [0.1, 0.15) is 24.5 Å². The lowest BCUT2D eigenvalue weighted by Crippen LogP contribution is -2.18. The van der Waals surface area contributed by atoms with Crippen LogP contribution in [0.15, 0.2) is 59.0 Å². The first-order chi connectivity index (χ1) is 13.6. The van der Waals surface area contributed by atoms with Crippen LogP contribution >= 0.6 is 11.3 Å². The van der Waals surface area contributed by atoms with E-state index in [4.69, 9.17) is 4.74 Å². The highest BCUT2D eigenvalue weighted by Crippen LogP contribution is 2.23. The highest BCUT2D eigenvalue weighted by molar-refractivity contribution is 7.13. The Morgan fingerprint density at radius 2 is 2.07 bits per heavy atom. The number of thiazole rings is 1. The fourth-order valence-electron chi connectivity index (χ4n) is 2.75. The Labute approximate surface area is 164 Å². The maximum absolute atomic E-state index is 12.3. The second kappa shape index (κ2) is 7.69. The molecule has 0 fully saturated rings. The zero-order chi connectivity index (χ0) is 19.5. The molecule has 0 saturated heterocycles. The Bertz CT molecular complexity index is 1190. The Morgan fingerprint density at radius 3 is 2.89 bits per heavy atom. The minimum absolute atomic E-state index is 0.0406. The summed E-state index contributed by atoms with van der Waals surface area (Å²) in [6.07, 6.45) is 2.78. The molecule has 0 radical (unpaired) electrons. The molecular weight excluding hydrogens is 376 g/mol. The summed E-state index contributed by atoms with van der Waals surface area (Å²) in [5.41, 5.74) is 1.83. The molecule has 3 heterocycles. The van der Waals surface area contributed by atoms with Crippen LogP contribution in [0, 0.1) is 0 Å². The number of rotatable bonds is 5. The van der Waals surface area contributed by atoms with Crippen LogP contribution in [0.3, 0.4) is 0 Å². The van der Waals surface area contributed by atoms with Gasteiger partial charge in [-0.2, -0.15) is 0 Å². The van der Waals surface area contributed by atoms with Crippen LogP contribution < -0.4 is 5.56 Å². The second-order valence-corrected chi connectivity index (χ2v) is 7.02. The zero-order valence-electron chi connectivity index (χ0n) is 15.0. The standard InChI is InChI=1S/C20H16N4O3S/c1-12(18-23-16-7-3-2-6-15(16)19(26)24-18)27-17(25)9-14-11-28-20(22-14)13-5-4-8-21-10-13/h2-8,10-12H,9H2,1H3,(H,23,24,26)/t12-/m1/s1. The van der Waals surface area contributed by atoms with Gasteiger partial charge in [0, 0.05) is 23.3 Å². The molecule has 0 bridgehead atoms. The Kier molecular flexibility index (Phi) is 4.94. The number of aromatic nitrogens is 4. The fraction of sp³-hybridized carbons (Fsp3) is 0.150. The van der Waals surface area contributed by atoms with Gasteiger partial charge in [0.05, 0.1) is 23.0 Å². The number of para-hydroxylation sites is 1. The third-order valence-corrected chi connectivity index (χ3v) is 5.05. The number of nitrogens with zero attached hydrogens (tertiary/aromatic N) is 3. The van der Waals surface area contributed by atoms with Gasteiger partial charge < -0.3 is 9.72 Å². The number of H-pyrrole nitrogens is 1. The molecule has 3 aromatic heterocycles. The predicted octanol–water partition coefficient (Wildman–Crippen LogP) is 3.29. The summed E-state index contributed by atoms with van der Waals surface area (Å²) in [6, 6.07) is 10.8. The lowest BCUT2D eigenvalue weighted by Gasteiger charge is -2.12. The van der Waals surface area contributed by atoms with Gasteiger partial charge in [-0.25, -0.2) is 9.97 Å². The van der Waals surface area contributed by atoms with E-state index in [0.29, 0.717) is 22.4 Å². The van der Waals surface area contributed by atoms with Crippen molar-refractivity contribution in [3.05, 3.63) is 76.0 Å². The monoisotopic (exact) mass is 392 g/mol. The normalized spacial score (nSPS) is 12.0. The first-order valence-corrected chi connectivity index (χ1v) is 9.51. The summed E-state index contributed by atoms with van der Waals surface area (Å²) in [7, 11) is 0. The topological polar surface area (TPSA) is 97.8 Å². The van der Waals surface area contributed by atoms with Crippen molar-refractivity contribution >= 4 is 28.2 Å². The second-order valence-electron chi connectivity index (χ2n) is 6.16. The summed E-state index contributed by atoms with van der Waals surface area (Å²) in [4.78, 5) is 40.1. The molecule has 4 rings (SSSR count). The molecule has 140 valence electrons. The average Bonchev–Trinajstić information content (AvgIpc) is 3.17. The molecule has 0 saturated carbocycles. The van der Waals surface area contributed by atoms with Gasteiger partial charge in [-0.1, -0.05) is 12.1 Å². The van der Waals surface area contributed by atoms with Crippen LogP contribution in [-0.2, 0) is 16.0 Å². The minimum Gasteiger partial charge on any atom is -0.454 e. The molecule has 0 amide bonds. The number of fused-ring (bicyclic) bond motifs is 1. The van der Waals surface area contributed by atoms with Gasteiger partial charge in [0.1, 0.15) is 5.01 Å². The van der Waals surface area contributed by atoms with Gasteiger partial charge in [-0.3, -0.25) is 14.6 Å². The van der Waals surface area contributed by atoms with Gasteiger partial charge in [0.2, 0.25) is 0 Å². The van der Waals surface area contributed by atoms with E-state index >= 15 is 0 Å². The number of carbonyl (C=O) groups excluding carboxylic acids is 1. The molecule has 1 atom stereocenters. The smallest absolute Gasteiger partial charge is 0.312 e. The molecule has 0 aliphatic rings. The van der Waals surface area contributed by atoms with Gasteiger partial charge in [0.15, 0.2) is 11.9 Å². The molecule has 8 heteroatoms. The highest BCUT2D eigenvalue weighted by atomic mass is 32.1. The Morgan fingerprint density at radius 1 is 1.21 bits per heavy atom. The van der Waals surface area contributed by atoms with Crippen molar-refractivity contribution in [2.24, 2.45) is 0 Å². The molecule has 0 spiro atoms. The quantitative estimate of drug-likeness (QED) is 0.524. The SMILES string of the molecule is C[C@@H](OC(=O)Cc1csc(-c2cccnc2)n1)c1nc2ccccc2c(=O)[nH]1. The molecule has 28 heavy (non-hydrogen) atoms. The summed E-state index contributed by atoms with van der Waals surface area (Å²) in [5, 5.41) is 3.12. The van der Waals surface area contributed by atoms with E-state index in [-0.39, 0.29) is 12.0 Å². The van der Waals surface area contributed by atoms with E-state index in [9.17, 15) is 9.59 Å². The fourth-order valence-corrected chi connectivity index (χ4v) is 3.56. The van der Waals surface area contributed by atoms with Crippen molar-refractivity contribution in [1.82, 2.24) is 19.9 Å². The molecule has 7 nitrogen and oxygen atoms in total. The van der Waals surface area contributed by atoms with Gasteiger partial charge in [-0.05, 0) is 31.2 Å². The summed E-state index contributed by atoms with van der Waals surface area (Å²) >= 11 is 1.44. The summed E-state index contributed by atoms with van der Waals surface area (Å²) < 4.78 is 5.44. The number of nitrogens with one attached hydrogen (secondary N) is 1.